The summed E-state index contributed by atoms with van der Waals surface area (Å²) in [7, 11) is -5.27. The Labute approximate surface area is 258 Å². The van der Waals surface area contributed by atoms with Crippen LogP contribution in [0.15, 0.2) is 24.3 Å². The van der Waals surface area contributed by atoms with Crippen molar-refractivity contribution in [1.82, 2.24) is 16.0 Å². The van der Waals surface area contributed by atoms with E-state index in [1.807, 2.05) is 0 Å². The molecule has 0 aliphatic carbocycles. The Morgan fingerprint density at radius 3 is 2.41 bits per heavy atom. The van der Waals surface area contributed by atoms with Crippen molar-refractivity contribution in [1.29, 1.82) is 0 Å². The minimum Gasteiger partial charge on any atom is -0.746 e. The van der Waals surface area contributed by atoms with Gasteiger partial charge in [-0.1, -0.05) is 25.4 Å². The molecule has 1 heterocycles. The Morgan fingerprint density at radius 1 is 1.28 bits per heavy atom. The summed E-state index contributed by atoms with van der Waals surface area (Å²) in [6.07, 6.45) is -1.34. The molecule has 1 fully saturated rings. The molecule has 1 saturated heterocycles. The van der Waals surface area contributed by atoms with Crippen LogP contribution in [-0.4, -0.2) is 72.2 Å². The molecule has 0 aromatic heterocycles. The molecule has 1 aromatic carbocycles. The SMILES string of the molecule is [2H]C([2H])(OC(=O)N[C@@H](CC(C)C)C(=O)N[C@@H](C[C@@H]1CCNC1=O)C(O)S(=O)(=O)[O-])C(C)(C)Oc1ccc(Cl)cc1.[Na+]. The summed E-state index contributed by atoms with van der Waals surface area (Å²) < 4.78 is 61.8. The first kappa shape index (κ1) is 31.9. The van der Waals surface area contributed by atoms with E-state index in [1.165, 1.54) is 38.1 Å². The van der Waals surface area contributed by atoms with Gasteiger partial charge < -0.3 is 35.1 Å². The number of nitrogens with one attached hydrogen (secondary N) is 3. The van der Waals surface area contributed by atoms with Crippen LogP contribution in [0, 0.1) is 11.8 Å². The fourth-order valence-electron chi connectivity index (χ4n) is 3.77. The summed E-state index contributed by atoms with van der Waals surface area (Å²) in [5, 5.41) is 17.6. The van der Waals surface area contributed by atoms with E-state index in [4.69, 9.17) is 23.8 Å². The first-order valence-electron chi connectivity index (χ1n) is 13.0. The average Bonchev–Trinajstić information content (AvgIpc) is 3.21. The third-order valence-corrected chi connectivity index (χ3v) is 6.73. The number of hydrogen-bond acceptors (Lipinski definition) is 9. The van der Waals surface area contributed by atoms with E-state index < -0.39 is 63.6 Å². The first-order chi connectivity index (χ1) is 18.3. The largest absolute Gasteiger partial charge is 1.00 e. The summed E-state index contributed by atoms with van der Waals surface area (Å²) in [6, 6.07) is 3.07. The van der Waals surface area contributed by atoms with Crippen molar-refractivity contribution in [3.63, 3.8) is 0 Å². The fraction of sp³-hybridized carbons (Fsp3) is 0.625. The number of hydrogen-bond donors (Lipinski definition) is 4. The molecule has 4 atom stereocenters. The van der Waals surface area contributed by atoms with Gasteiger partial charge in [0.2, 0.25) is 11.8 Å². The topological polar surface area (TPSA) is 183 Å². The van der Waals surface area contributed by atoms with Gasteiger partial charge in [0, 0.05) is 17.5 Å². The number of carbonyl (C=O) groups excluding carboxylic acids is 3. The standard InChI is InChI=1S/C24H36ClN3O9S.Na/c1-14(2)11-18(28-23(32)36-13-24(3,4)37-17-7-5-16(25)6-8-17)21(30)27-19(22(31)38(33,34)35)12-15-9-10-26-20(15)29;/h5-8,14-15,18-19,22,31H,9-13H2,1-4H3,(H,26,29)(H,27,30)(H,28,32)(H,33,34,35);/q;+1/p-1/t15-,18-,19-,22?;/m0./s1/i13D2;. The van der Waals surface area contributed by atoms with Gasteiger partial charge >= 0.3 is 35.7 Å². The van der Waals surface area contributed by atoms with Gasteiger partial charge in [-0.25, -0.2) is 13.2 Å². The van der Waals surface area contributed by atoms with E-state index in [9.17, 15) is 32.5 Å². The quantitative estimate of drug-likeness (QED) is 0.155. The molecule has 1 aromatic rings. The van der Waals surface area contributed by atoms with Gasteiger partial charge in [0.25, 0.3) is 0 Å². The average molecular weight is 602 g/mol. The second kappa shape index (κ2) is 15.4. The number of halogens is 1. The van der Waals surface area contributed by atoms with Crippen LogP contribution in [0.25, 0.3) is 0 Å². The van der Waals surface area contributed by atoms with Crippen molar-refractivity contribution in [3.8, 4) is 5.75 Å². The molecular weight excluding hydrogens is 565 g/mol. The zero-order chi connectivity index (χ0) is 30.5. The van der Waals surface area contributed by atoms with Crippen LogP contribution >= 0.6 is 11.6 Å². The van der Waals surface area contributed by atoms with Crippen LogP contribution in [0.1, 0.15) is 49.7 Å². The number of amides is 3. The van der Waals surface area contributed by atoms with Gasteiger partial charge in [0.05, 0.1) is 8.78 Å². The third-order valence-electron chi connectivity index (χ3n) is 5.56. The maximum atomic E-state index is 13.1. The normalized spacial score (nSPS) is 19.0. The van der Waals surface area contributed by atoms with Crippen LogP contribution < -0.4 is 50.2 Å². The van der Waals surface area contributed by atoms with Gasteiger partial charge in [-0.05, 0) is 63.3 Å². The molecule has 214 valence electrons. The van der Waals surface area contributed by atoms with Crippen molar-refractivity contribution in [2.24, 2.45) is 11.8 Å². The zero-order valence-electron chi connectivity index (χ0n) is 24.5. The predicted octanol–water partition coefficient (Wildman–Crippen LogP) is -1.48. The Bertz CT molecular complexity index is 1170. The summed E-state index contributed by atoms with van der Waals surface area (Å²) >= 11 is 5.85. The van der Waals surface area contributed by atoms with E-state index >= 15 is 0 Å². The minimum atomic E-state index is -5.27. The summed E-state index contributed by atoms with van der Waals surface area (Å²) in [4.78, 5) is 37.8. The number of carbonyl (C=O) groups is 3. The zero-order valence-corrected chi connectivity index (χ0v) is 26.1. The second-order valence-electron chi connectivity index (χ2n) is 9.90. The summed E-state index contributed by atoms with van der Waals surface area (Å²) in [5.74, 6) is -2.06. The number of aliphatic hydroxyl groups is 1. The Kier molecular flexibility index (Phi) is 12.6. The number of rotatable bonds is 13. The molecule has 4 N–H and O–H groups in total. The van der Waals surface area contributed by atoms with E-state index in [0.29, 0.717) is 18.0 Å². The van der Waals surface area contributed by atoms with E-state index in [2.05, 4.69) is 16.0 Å². The monoisotopic (exact) mass is 601 g/mol. The minimum absolute atomic E-state index is 0. The van der Waals surface area contributed by atoms with Gasteiger partial charge in [0.1, 0.15) is 34.1 Å². The molecule has 0 radical (unpaired) electrons. The fourth-order valence-corrected chi connectivity index (χ4v) is 4.48. The summed E-state index contributed by atoms with van der Waals surface area (Å²) in [5.41, 5.74) is -4.25. The van der Waals surface area contributed by atoms with Crippen LogP contribution in [0.4, 0.5) is 4.79 Å². The maximum Gasteiger partial charge on any atom is 1.00 e. The molecule has 15 heteroatoms. The van der Waals surface area contributed by atoms with Crippen LogP contribution in [-0.2, 0) is 24.4 Å². The van der Waals surface area contributed by atoms with E-state index in [0.717, 1.165) is 0 Å². The van der Waals surface area contributed by atoms with Gasteiger partial charge in [0.15, 0.2) is 5.44 Å². The molecule has 1 aliphatic heterocycles. The molecular formula is C24H35ClN3NaO9S. The van der Waals surface area contributed by atoms with Gasteiger partial charge in [-0.2, -0.15) is 0 Å². The number of benzene rings is 1. The van der Waals surface area contributed by atoms with E-state index in [-0.39, 0.29) is 54.1 Å². The van der Waals surface area contributed by atoms with Crippen molar-refractivity contribution in [2.75, 3.05) is 13.1 Å². The van der Waals surface area contributed by atoms with Crippen molar-refractivity contribution in [2.45, 2.75) is 70.1 Å². The maximum absolute atomic E-state index is 13.1. The first-order valence-corrected chi connectivity index (χ1v) is 13.8. The molecule has 3 amide bonds. The van der Waals surface area contributed by atoms with Crippen molar-refractivity contribution < 1.29 is 74.2 Å². The summed E-state index contributed by atoms with van der Waals surface area (Å²) in [6.45, 7) is 3.76. The molecule has 1 unspecified atom stereocenters. The number of aliphatic hydroxyl groups excluding tert-OH is 1. The molecule has 0 saturated carbocycles. The second-order valence-corrected chi connectivity index (χ2v) is 11.8. The van der Waals surface area contributed by atoms with Gasteiger partial charge in [-0.3, -0.25) is 9.59 Å². The number of alkyl carbamates (subject to hydrolysis) is 1. The third kappa shape index (κ3) is 12.2. The predicted molar refractivity (Wildman–Crippen MR) is 137 cm³/mol. The van der Waals surface area contributed by atoms with E-state index in [1.54, 1.807) is 13.8 Å². The number of ether oxygens (including phenoxy) is 2. The van der Waals surface area contributed by atoms with Crippen LogP contribution in [0.5, 0.6) is 5.75 Å². The molecule has 39 heavy (non-hydrogen) atoms. The Balaban J connectivity index is 0.00000840. The molecule has 1 aliphatic rings. The molecule has 2 rings (SSSR count). The Morgan fingerprint density at radius 2 is 1.90 bits per heavy atom. The Hall–Kier alpha value is -1.61. The molecule has 0 spiro atoms. The smallest absolute Gasteiger partial charge is 0.746 e. The van der Waals surface area contributed by atoms with Gasteiger partial charge in [-0.15, -0.1) is 0 Å². The van der Waals surface area contributed by atoms with Crippen molar-refractivity contribution >= 4 is 39.6 Å². The molecule has 0 bridgehead atoms. The van der Waals surface area contributed by atoms with Crippen LogP contribution in [0.2, 0.25) is 5.02 Å². The van der Waals surface area contributed by atoms with Crippen LogP contribution in [0.3, 0.4) is 0 Å². The molecule has 12 nitrogen and oxygen atoms in total. The van der Waals surface area contributed by atoms with Crippen molar-refractivity contribution in [3.05, 3.63) is 29.3 Å².